The highest BCUT2D eigenvalue weighted by Gasteiger charge is 2.09. The van der Waals surface area contributed by atoms with E-state index in [-0.39, 0.29) is 21.6 Å². The lowest BCUT2D eigenvalue weighted by Crippen LogP contribution is -2.05. The summed E-state index contributed by atoms with van der Waals surface area (Å²) in [5.41, 5.74) is 0.650. The Balaban J connectivity index is 1.77. The first-order chi connectivity index (χ1) is 11.0. The molecule has 2 aromatic carbocycles. The molecule has 0 saturated heterocycles. The lowest BCUT2D eigenvalue weighted by atomic mass is 10.1. The Hall–Kier alpha value is -1.91. The summed E-state index contributed by atoms with van der Waals surface area (Å²) in [5, 5.41) is 9.86. The van der Waals surface area contributed by atoms with Crippen LogP contribution in [-0.4, -0.2) is 24.1 Å². The SMILES string of the molecule is CC(=O)c1ccc(OCCCOc2c(Cl)cc(O)cc2Cl)cc1. The van der Waals surface area contributed by atoms with Crippen molar-refractivity contribution in [3.8, 4) is 17.2 Å². The number of rotatable bonds is 7. The number of hydrogen-bond acceptors (Lipinski definition) is 4. The number of halogens is 2. The van der Waals surface area contributed by atoms with Crippen LogP contribution in [0.15, 0.2) is 36.4 Å². The molecule has 6 heteroatoms. The van der Waals surface area contributed by atoms with E-state index in [9.17, 15) is 9.90 Å². The maximum absolute atomic E-state index is 11.2. The number of carbonyl (C=O) groups is 1. The molecule has 0 aliphatic heterocycles. The van der Waals surface area contributed by atoms with Gasteiger partial charge >= 0.3 is 0 Å². The van der Waals surface area contributed by atoms with Crippen molar-refractivity contribution in [2.75, 3.05) is 13.2 Å². The molecule has 122 valence electrons. The number of benzene rings is 2. The van der Waals surface area contributed by atoms with Crippen molar-refractivity contribution in [1.82, 2.24) is 0 Å². The van der Waals surface area contributed by atoms with Crippen LogP contribution in [0.4, 0.5) is 0 Å². The maximum atomic E-state index is 11.2. The summed E-state index contributed by atoms with van der Waals surface area (Å²) >= 11 is 11.9. The summed E-state index contributed by atoms with van der Waals surface area (Å²) in [7, 11) is 0. The predicted molar refractivity (Wildman–Crippen MR) is 90.2 cm³/mol. The number of hydrogen-bond donors (Lipinski definition) is 1. The van der Waals surface area contributed by atoms with Crippen molar-refractivity contribution in [3.05, 3.63) is 52.0 Å². The van der Waals surface area contributed by atoms with Gasteiger partial charge in [-0.1, -0.05) is 23.2 Å². The van der Waals surface area contributed by atoms with Crippen LogP contribution in [-0.2, 0) is 0 Å². The zero-order valence-electron chi connectivity index (χ0n) is 12.5. The molecule has 0 aliphatic rings. The fourth-order valence-electron chi connectivity index (χ4n) is 1.89. The summed E-state index contributed by atoms with van der Waals surface area (Å²) in [5.74, 6) is 1.05. The Kier molecular flexibility index (Phi) is 6.13. The van der Waals surface area contributed by atoms with Crippen LogP contribution in [0.2, 0.25) is 10.0 Å². The maximum Gasteiger partial charge on any atom is 0.159 e. The summed E-state index contributed by atoms with van der Waals surface area (Å²) in [4.78, 5) is 11.2. The van der Waals surface area contributed by atoms with Gasteiger partial charge in [0.1, 0.15) is 11.5 Å². The highest BCUT2D eigenvalue weighted by atomic mass is 35.5. The largest absolute Gasteiger partial charge is 0.508 e. The Morgan fingerprint density at radius 3 is 2.17 bits per heavy atom. The van der Waals surface area contributed by atoms with Crippen LogP contribution in [0.3, 0.4) is 0 Å². The summed E-state index contributed by atoms with van der Waals surface area (Å²) in [6, 6.07) is 9.70. The van der Waals surface area contributed by atoms with Crippen LogP contribution in [0.5, 0.6) is 17.2 Å². The van der Waals surface area contributed by atoms with E-state index in [1.807, 2.05) is 0 Å². The zero-order valence-corrected chi connectivity index (χ0v) is 14.0. The Bertz CT molecular complexity index is 660. The average molecular weight is 355 g/mol. The van der Waals surface area contributed by atoms with E-state index >= 15 is 0 Å². The fraction of sp³-hybridized carbons (Fsp3) is 0.235. The second-order valence-corrected chi connectivity index (χ2v) is 5.68. The van der Waals surface area contributed by atoms with E-state index in [1.54, 1.807) is 24.3 Å². The predicted octanol–water partition coefficient (Wildman–Crippen LogP) is 4.75. The second-order valence-electron chi connectivity index (χ2n) is 4.87. The van der Waals surface area contributed by atoms with Gasteiger partial charge in [0, 0.05) is 24.1 Å². The third kappa shape index (κ3) is 5.05. The molecule has 0 heterocycles. The Morgan fingerprint density at radius 2 is 1.61 bits per heavy atom. The van der Waals surface area contributed by atoms with Crippen LogP contribution < -0.4 is 9.47 Å². The first-order valence-corrected chi connectivity index (χ1v) is 7.77. The molecule has 0 radical (unpaired) electrons. The summed E-state index contributed by atoms with van der Waals surface area (Å²) < 4.78 is 11.1. The van der Waals surface area contributed by atoms with Gasteiger partial charge in [-0.05, 0) is 31.2 Å². The Morgan fingerprint density at radius 1 is 1.04 bits per heavy atom. The first-order valence-electron chi connectivity index (χ1n) is 7.02. The monoisotopic (exact) mass is 354 g/mol. The van der Waals surface area contributed by atoms with Gasteiger partial charge in [0.25, 0.3) is 0 Å². The zero-order chi connectivity index (χ0) is 16.8. The number of Topliss-reactive ketones (excluding diaryl/α,β-unsaturated/α-hetero) is 1. The molecule has 0 amide bonds. The molecule has 23 heavy (non-hydrogen) atoms. The highest BCUT2D eigenvalue weighted by Crippen LogP contribution is 2.36. The molecule has 0 saturated carbocycles. The van der Waals surface area contributed by atoms with E-state index in [0.717, 1.165) is 0 Å². The highest BCUT2D eigenvalue weighted by molar-refractivity contribution is 6.37. The lowest BCUT2D eigenvalue weighted by Gasteiger charge is -2.11. The van der Waals surface area contributed by atoms with Crippen molar-refractivity contribution < 1.29 is 19.4 Å². The fourth-order valence-corrected chi connectivity index (χ4v) is 2.48. The number of ether oxygens (including phenoxy) is 2. The van der Waals surface area contributed by atoms with Crippen molar-refractivity contribution >= 4 is 29.0 Å². The molecule has 0 unspecified atom stereocenters. The van der Waals surface area contributed by atoms with E-state index in [2.05, 4.69) is 0 Å². The quantitative estimate of drug-likeness (QED) is 0.575. The van der Waals surface area contributed by atoms with Gasteiger partial charge in [-0.15, -0.1) is 0 Å². The number of phenols is 1. The number of aromatic hydroxyl groups is 1. The molecule has 0 aliphatic carbocycles. The van der Waals surface area contributed by atoms with Crippen LogP contribution >= 0.6 is 23.2 Å². The smallest absolute Gasteiger partial charge is 0.159 e. The molecular weight excluding hydrogens is 339 g/mol. The van der Waals surface area contributed by atoms with Crippen LogP contribution in [0.1, 0.15) is 23.7 Å². The minimum absolute atomic E-state index is 0.00955. The minimum atomic E-state index is -0.00955. The molecule has 0 bridgehead atoms. The number of phenolic OH excluding ortho intramolecular Hbond substituents is 1. The van der Waals surface area contributed by atoms with Gasteiger partial charge in [-0.25, -0.2) is 0 Å². The van der Waals surface area contributed by atoms with Gasteiger partial charge in [0.15, 0.2) is 11.5 Å². The number of carbonyl (C=O) groups excluding carboxylic acids is 1. The van der Waals surface area contributed by atoms with Crippen LogP contribution in [0, 0.1) is 0 Å². The third-order valence-corrected chi connectivity index (χ3v) is 3.61. The van der Waals surface area contributed by atoms with Gasteiger partial charge in [0.2, 0.25) is 0 Å². The molecular formula is C17H16Cl2O4. The lowest BCUT2D eigenvalue weighted by molar-refractivity contribution is 0.101. The van der Waals surface area contributed by atoms with Gasteiger partial charge in [-0.2, -0.15) is 0 Å². The molecule has 1 N–H and O–H groups in total. The molecule has 2 aromatic rings. The topological polar surface area (TPSA) is 55.8 Å². The molecule has 0 fully saturated rings. The van der Waals surface area contributed by atoms with Crippen molar-refractivity contribution in [1.29, 1.82) is 0 Å². The molecule has 0 aromatic heterocycles. The van der Waals surface area contributed by atoms with E-state index in [0.29, 0.717) is 36.7 Å². The van der Waals surface area contributed by atoms with Crippen LogP contribution in [0.25, 0.3) is 0 Å². The molecule has 2 rings (SSSR count). The average Bonchev–Trinajstić information content (AvgIpc) is 2.49. The standard InChI is InChI=1S/C17H16Cl2O4/c1-11(20)12-3-5-14(6-4-12)22-7-2-8-23-17-15(18)9-13(21)10-16(17)19/h3-6,9-10,21H,2,7-8H2,1H3. The van der Waals surface area contributed by atoms with Gasteiger partial charge in [-0.3, -0.25) is 4.79 Å². The second kappa shape index (κ2) is 8.09. The minimum Gasteiger partial charge on any atom is -0.508 e. The van der Waals surface area contributed by atoms with E-state index in [4.69, 9.17) is 32.7 Å². The van der Waals surface area contributed by atoms with Crippen molar-refractivity contribution in [2.24, 2.45) is 0 Å². The van der Waals surface area contributed by atoms with E-state index in [1.165, 1.54) is 19.1 Å². The summed E-state index contributed by atoms with van der Waals surface area (Å²) in [6.45, 7) is 2.34. The molecule has 4 nitrogen and oxygen atoms in total. The first kappa shape index (κ1) is 17.4. The van der Waals surface area contributed by atoms with E-state index < -0.39 is 0 Å². The Labute approximate surface area is 144 Å². The van der Waals surface area contributed by atoms with Crippen molar-refractivity contribution in [2.45, 2.75) is 13.3 Å². The summed E-state index contributed by atoms with van der Waals surface area (Å²) in [6.07, 6.45) is 0.627. The van der Waals surface area contributed by atoms with Gasteiger partial charge < -0.3 is 14.6 Å². The van der Waals surface area contributed by atoms with Gasteiger partial charge in [0.05, 0.1) is 23.3 Å². The molecule has 0 atom stereocenters. The number of ketones is 1. The van der Waals surface area contributed by atoms with Crippen molar-refractivity contribution in [3.63, 3.8) is 0 Å². The third-order valence-electron chi connectivity index (χ3n) is 3.05. The molecule has 0 spiro atoms. The normalized spacial score (nSPS) is 10.4.